The standard InChI is InChI=1S/C39H60FN5O5/c1-39(2,3)50-38(48)41-26-13-17-43(21-26)34-30(40)20-28-33-36(34)49-32-19-25-11-5-4-10-24(25)18-31(32)45(33)23-29(35(28)46)37(47)44-16-7-6-12-27(44)22-42-14-8-9-15-42/h23-28,30-34,36H,4-22H2,1-3H3,(H,41,48). The van der Waals surface area contributed by atoms with E-state index in [9.17, 15) is 14.4 Å². The van der Waals surface area contributed by atoms with Crippen LogP contribution in [0.4, 0.5) is 9.18 Å². The Labute approximate surface area is 297 Å². The highest BCUT2D eigenvalue weighted by atomic mass is 19.1. The molecule has 0 radical (unpaired) electrons. The maximum Gasteiger partial charge on any atom is 0.407 e. The van der Waals surface area contributed by atoms with Crippen LogP contribution in [0, 0.1) is 17.8 Å². The number of nitrogens with zero attached hydrogens (tertiary/aromatic N) is 4. The molecule has 278 valence electrons. The molecule has 0 aromatic carbocycles. The third kappa shape index (κ3) is 6.72. The number of rotatable bonds is 5. The first kappa shape index (κ1) is 34.8. The van der Waals surface area contributed by atoms with Crippen molar-refractivity contribution in [2.75, 3.05) is 39.3 Å². The van der Waals surface area contributed by atoms with Crippen molar-refractivity contribution in [3.05, 3.63) is 11.8 Å². The smallest absolute Gasteiger partial charge is 0.407 e. The molecule has 10 nitrogen and oxygen atoms in total. The molecule has 3 saturated carbocycles. The van der Waals surface area contributed by atoms with Crippen molar-refractivity contribution in [2.45, 2.75) is 158 Å². The molecule has 0 aromatic heterocycles. The Bertz CT molecular complexity index is 1330. The molecule has 8 aliphatic rings. The summed E-state index contributed by atoms with van der Waals surface area (Å²) < 4.78 is 29.4. The molecular weight excluding hydrogens is 637 g/mol. The van der Waals surface area contributed by atoms with E-state index in [-0.39, 0.29) is 54.0 Å². The molecule has 11 atom stereocenters. The van der Waals surface area contributed by atoms with Crippen molar-refractivity contribution in [2.24, 2.45) is 17.8 Å². The van der Waals surface area contributed by atoms with Crippen molar-refractivity contribution in [3.8, 4) is 0 Å². The van der Waals surface area contributed by atoms with Gasteiger partial charge in [-0.2, -0.15) is 0 Å². The SMILES string of the molecule is CC(C)(C)OC(=O)NC1CCN(C2C(F)CC3C(=O)C(C(=O)N4CCCCC4CN4CCCC4)=CN4C5CC6CCCCC6CC5OC2C34)C1. The minimum atomic E-state index is -1.28. The summed E-state index contributed by atoms with van der Waals surface area (Å²) in [5.74, 6) is 0.308. The van der Waals surface area contributed by atoms with E-state index < -0.39 is 35.9 Å². The fourth-order valence-electron chi connectivity index (χ4n) is 11.4. The second kappa shape index (κ2) is 14.0. The molecule has 0 bridgehead atoms. The molecule has 4 saturated heterocycles. The topological polar surface area (TPSA) is 94.7 Å². The van der Waals surface area contributed by atoms with Gasteiger partial charge in [0.1, 0.15) is 11.8 Å². The van der Waals surface area contributed by atoms with E-state index in [0.29, 0.717) is 37.9 Å². The number of hydrogen-bond acceptors (Lipinski definition) is 8. The molecular formula is C39H60FN5O5. The summed E-state index contributed by atoms with van der Waals surface area (Å²) in [6.45, 7) is 10.4. The number of morpholine rings is 1. The summed E-state index contributed by atoms with van der Waals surface area (Å²) >= 11 is 0. The highest BCUT2D eigenvalue weighted by Crippen LogP contribution is 2.51. The zero-order chi connectivity index (χ0) is 34.7. The molecule has 0 aromatic rings. The summed E-state index contributed by atoms with van der Waals surface area (Å²) in [6, 6.07) is -0.745. The zero-order valence-corrected chi connectivity index (χ0v) is 30.6. The highest BCUT2D eigenvalue weighted by Gasteiger charge is 2.61. The number of ether oxygens (including phenoxy) is 2. The Balaban J connectivity index is 1.07. The van der Waals surface area contributed by atoms with E-state index in [1.54, 1.807) is 0 Å². The van der Waals surface area contributed by atoms with Gasteiger partial charge in [0, 0.05) is 50.4 Å². The van der Waals surface area contributed by atoms with E-state index in [4.69, 9.17) is 9.47 Å². The van der Waals surface area contributed by atoms with Crippen molar-refractivity contribution in [3.63, 3.8) is 0 Å². The Kier molecular flexibility index (Phi) is 9.72. The lowest BCUT2D eigenvalue weighted by Gasteiger charge is -2.61. The van der Waals surface area contributed by atoms with Crippen molar-refractivity contribution in [1.29, 1.82) is 0 Å². The molecule has 7 fully saturated rings. The predicted molar refractivity (Wildman–Crippen MR) is 187 cm³/mol. The molecule has 2 amide bonds. The van der Waals surface area contributed by atoms with Crippen LogP contribution >= 0.6 is 0 Å². The molecule has 8 rings (SSSR count). The van der Waals surface area contributed by atoms with Gasteiger partial charge in [0.05, 0.1) is 35.9 Å². The summed E-state index contributed by atoms with van der Waals surface area (Å²) in [5, 5.41) is 3.00. The van der Waals surface area contributed by atoms with Gasteiger partial charge in [-0.1, -0.05) is 25.7 Å². The van der Waals surface area contributed by atoms with Crippen LogP contribution in [0.15, 0.2) is 11.8 Å². The van der Waals surface area contributed by atoms with Gasteiger partial charge in [-0.05, 0) is 103 Å². The first-order chi connectivity index (χ1) is 24.0. The number of fused-ring (bicyclic) bond motifs is 3. The van der Waals surface area contributed by atoms with Gasteiger partial charge >= 0.3 is 6.09 Å². The number of Topliss-reactive ketones (excluding diaryl/α,β-unsaturated/α-hetero) is 1. The van der Waals surface area contributed by atoms with Crippen LogP contribution in [0.3, 0.4) is 0 Å². The second-order valence-electron chi connectivity index (χ2n) is 18.0. The molecule has 3 aliphatic carbocycles. The third-order valence-corrected chi connectivity index (χ3v) is 13.6. The van der Waals surface area contributed by atoms with Crippen LogP contribution in [-0.2, 0) is 19.1 Å². The fourth-order valence-corrected chi connectivity index (χ4v) is 11.4. The van der Waals surface area contributed by atoms with E-state index in [1.807, 2.05) is 31.9 Å². The predicted octanol–water partition coefficient (Wildman–Crippen LogP) is 4.66. The minimum Gasteiger partial charge on any atom is -0.444 e. The van der Waals surface area contributed by atoms with Gasteiger partial charge in [0.2, 0.25) is 0 Å². The molecule has 5 heterocycles. The number of ketones is 1. The van der Waals surface area contributed by atoms with E-state index in [1.165, 1.54) is 38.5 Å². The fraction of sp³-hybridized carbons (Fsp3) is 0.872. The van der Waals surface area contributed by atoms with Crippen LogP contribution in [-0.4, -0.2) is 131 Å². The van der Waals surface area contributed by atoms with E-state index in [2.05, 4.69) is 20.0 Å². The number of hydrogen-bond donors (Lipinski definition) is 1. The number of alkyl halides is 1. The zero-order valence-electron chi connectivity index (χ0n) is 30.6. The van der Waals surface area contributed by atoms with E-state index in [0.717, 1.165) is 51.7 Å². The van der Waals surface area contributed by atoms with Crippen LogP contribution < -0.4 is 5.32 Å². The van der Waals surface area contributed by atoms with Crippen LogP contribution in [0.5, 0.6) is 0 Å². The summed E-state index contributed by atoms with van der Waals surface area (Å²) in [5.41, 5.74) is -0.319. The maximum atomic E-state index is 16.8. The van der Waals surface area contributed by atoms with Crippen LogP contribution in [0.1, 0.15) is 104 Å². The van der Waals surface area contributed by atoms with Crippen LogP contribution in [0.25, 0.3) is 0 Å². The summed E-state index contributed by atoms with van der Waals surface area (Å²) in [4.78, 5) is 50.7. The largest absolute Gasteiger partial charge is 0.444 e. The van der Waals surface area contributed by atoms with Crippen molar-refractivity contribution in [1.82, 2.24) is 24.9 Å². The average molecular weight is 698 g/mol. The number of carbonyl (C=O) groups excluding carboxylic acids is 3. The van der Waals surface area contributed by atoms with Gasteiger partial charge in [0.25, 0.3) is 5.91 Å². The quantitative estimate of drug-likeness (QED) is 0.415. The second-order valence-corrected chi connectivity index (χ2v) is 18.0. The van der Waals surface area contributed by atoms with Crippen molar-refractivity contribution >= 4 is 17.8 Å². The number of piperidine rings is 1. The Morgan fingerprint density at radius 2 is 1.64 bits per heavy atom. The molecule has 11 unspecified atom stereocenters. The van der Waals surface area contributed by atoms with Gasteiger partial charge in [0.15, 0.2) is 5.78 Å². The lowest BCUT2D eigenvalue weighted by atomic mass is 9.64. The van der Waals surface area contributed by atoms with Gasteiger partial charge in [-0.3, -0.25) is 14.5 Å². The minimum absolute atomic E-state index is 0.0546. The molecule has 50 heavy (non-hydrogen) atoms. The number of carbonyl (C=O) groups is 3. The molecule has 0 spiro atoms. The molecule has 1 N–H and O–H groups in total. The molecule has 11 heteroatoms. The van der Waals surface area contributed by atoms with Gasteiger partial charge < -0.3 is 29.5 Å². The number of amides is 2. The normalized spacial score (nSPS) is 40.8. The Morgan fingerprint density at radius 3 is 2.40 bits per heavy atom. The number of nitrogens with one attached hydrogen (secondary N) is 1. The van der Waals surface area contributed by atoms with Crippen molar-refractivity contribution < 1.29 is 28.2 Å². The number of likely N-dealkylation sites (tertiary alicyclic amines) is 3. The summed E-state index contributed by atoms with van der Waals surface area (Å²) in [7, 11) is 0. The maximum absolute atomic E-state index is 16.8. The summed E-state index contributed by atoms with van der Waals surface area (Å²) in [6.07, 6.45) is 12.9. The average Bonchev–Trinajstić information content (AvgIpc) is 3.76. The van der Waals surface area contributed by atoms with Crippen LogP contribution in [0.2, 0.25) is 0 Å². The van der Waals surface area contributed by atoms with E-state index >= 15 is 4.39 Å². The number of halogens is 1. The first-order valence-electron chi connectivity index (χ1n) is 20.1. The van der Waals surface area contributed by atoms with Gasteiger partial charge in [-0.25, -0.2) is 9.18 Å². The Morgan fingerprint density at radius 1 is 0.920 bits per heavy atom. The first-order valence-corrected chi connectivity index (χ1v) is 20.1. The Hall–Kier alpha value is -2.24. The number of alkyl carbamates (subject to hydrolysis) is 1. The van der Waals surface area contributed by atoms with Gasteiger partial charge in [-0.15, -0.1) is 0 Å². The molecule has 5 aliphatic heterocycles. The highest BCUT2D eigenvalue weighted by molar-refractivity contribution is 6.20. The lowest BCUT2D eigenvalue weighted by molar-refractivity contribution is -0.219. The third-order valence-electron chi connectivity index (χ3n) is 13.6. The monoisotopic (exact) mass is 697 g/mol. The lowest BCUT2D eigenvalue weighted by Crippen LogP contribution is -2.73.